The number of carboxylic acids is 1. The molecule has 1 saturated heterocycles. The van der Waals surface area contributed by atoms with Crippen LogP contribution in [0.15, 0.2) is 0 Å². The Balaban J connectivity index is 2.20. The molecule has 0 bridgehead atoms. The summed E-state index contributed by atoms with van der Waals surface area (Å²) in [6.07, 6.45) is 5.31. The van der Waals surface area contributed by atoms with Crippen molar-refractivity contribution in [3.63, 3.8) is 0 Å². The number of rotatable bonds is 3. The zero-order chi connectivity index (χ0) is 14.1. The summed E-state index contributed by atoms with van der Waals surface area (Å²) in [5, 5.41) is 9.22. The minimum atomic E-state index is -3.08. The van der Waals surface area contributed by atoms with E-state index in [0.717, 1.165) is 19.3 Å². The second-order valence-corrected chi connectivity index (χ2v) is 8.26. The molecule has 0 aromatic heterocycles. The van der Waals surface area contributed by atoms with Crippen molar-refractivity contribution in [2.45, 2.75) is 43.8 Å². The van der Waals surface area contributed by atoms with Gasteiger partial charge in [-0.2, -0.15) is 0 Å². The predicted octanol–water partition coefficient (Wildman–Crippen LogP) is 1.47. The van der Waals surface area contributed by atoms with E-state index in [1.54, 1.807) is 0 Å². The SMILES string of the molecule is CS(=O)(=O)C1CCCC(C2(C(=O)O)CCCOC2)C1. The van der Waals surface area contributed by atoms with Gasteiger partial charge in [0, 0.05) is 12.9 Å². The van der Waals surface area contributed by atoms with Crippen LogP contribution in [0.4, 0.5) is 0 Å². The standard InChI is InChI=1S/C13H22O5S/c1-19(16,17)11-5-2-4-10(8-11)13(12(14)15)6-3-7-18-9-13/h10-11H,2-9H2,1H3,(H,14,15). The molecule has 0 aromatic carbocycles. The number of hydrogen-bond donors (Lipinski definition) is 1. The van der Waals surface area contributed by atoms with E-state index < -0.39 is 21.2 Å². The molecule has 1 saturated carbocycles. The summed E-state index contributed by atoms with van der Waals surface area (Å²) in [6, 6.07) is 0. The van der Waals surface area contributed by atoms with Gasteiger partial charge in [-0.15, -0.1) is 0 Å². The molecule has 0 radical (unpaired) electrons. The van der Waals surface area contributed by atoms with Crippen molar-refractivity contribution in [2.24, 2.45) is 11.3 Å². The number of carboxylic acid groups (broad SMARTS) is 1. The molecule has 1 aliphatic heterocycles. The van der Waals surface area contributed by atoms with E-state index in [2.05, 4.69) is 0 Å². The van der Waals surface area contributed by atoms with Gasteiger partial charge in [0.05, 0.1) is 17.3 Å². The largest absolute Gasteiger partial charge is 0.481 e. The summed E-state index contributed by atoms with van der Waals surface area (Å²) in [6.45, 7) is 0.834. The lowest BCUT2D eigenvalue weighted by Gasteiger charge is -2.43. The van der Waals surface area contributed by atoms with Gasteiger partial charge in [0.1, 0.15) is 9.84 Å². The molecule has 110 valence electrons. The summed E-state index contributed by atoms with van der Waals surface area (Å²) >= 11 is 0. The molecule has 1 aliphatic carbocycles. The van der Waals surface area contributed by atoms with Gasteiger partial charge >= 0.3 is 5.97 Å². The molecule has 3 atom stereocenters. The molecule has 1 heterocycles. The molecule has 6 heteroatoms. The first-order chi connectivity index (χ1) is 8.86. The van der Waals surface area contributed by atoms with Gasteiger partial charge in [0.2, 0.25) is 0 Å². The molecule has 2 rings (SSSR count). The molecular weight excluding hydrogens is 268 g/mol. The predicted molar refractivity (Wildman–Crippen MR) is 70.7 cm³/mol. The van der Waals surface area contributed by atoms with Crippen molar-refractivity contribution in [3.05, 3.63) is 0 Å². The van der Waals surface area contributed by atoms with Crippen LogP contribution in [0.2, 0.25) is 0 Å². The van der Waals surface area contributed by atoms with Crippen molar-refractivity contribution in [1.82, 2.24) is 0 Å². The summed E-state index contributed by atoms with van der Waals surface area (Å²) in [7, 11) is -3.08. The molecule has 0 aromatic rings. The Morgan fingerprint density at radius 3 is 2.58 bits per heavy atom. The monoisotopic (exact) mass is 290 g/mol. The van der Waals surface area contributed by atoms with Crippen LogP contribution >= 0.6 is 0 Å². The van der Waals surface area contributed by atoms with Crippen molar-refractivity contribution < 1.29 is 23.1 Å². The van der Waals surface area contributed by atoms with E-state index in [4.69, 9.17) is 4.74 Å². The maximum Gasteiger partial charge on any atom is 0.312 e. The summed E-state index contributed by atoms with van der Waals surface area (Å²) in [5.41, 5.74) is -0.873. The number of hydrogen-bond acceptors (Lipinski definition) is 4. The van der Waals surface area contributed by atoms with E-state index in [-0.39, 0.29) is 17.8 Å². The Morgan fingerprint density at radius 2 is 2.05 bits per heavy atom. The van der Waals surface area contributed by atoms with Crippen molar-refractivity contribution in [2.75, 3.05) is 19.5 Å². The number of ether oxygens (including phenoxy) is 1. The molecule has 19 heavy (non-hydrogen) atoms. The van der Waals surface area contributed by atoms with Crippen molar-refractivity contribution >= 4 is 15.8 Å². The molecule has 3 unspecified atom stereocenters. The smallest absolute Gasteiger partial charge is 0.312 e. The first kappa shape index (κ1) is 14.8. The van der Waals surface area contributed by atoms with E-state index in [9.17, 15) is 18.3 Å². The molecular formula is C13H22O5S. The summed E-state index contributed by atoms with van der Waals surface area (Å²) in [5.74, 6) is -0.912. The fourth-order valence-electron chi connectivity index (χ4n) is 3.52. The van der Waals surface area contributed by atoms with Gasteiger partial charge in [0.25, 0.3) is 0 Å². The molecule has 1 N–H and O–H groups in total. The topological polar surface area (TPSA) is 80.7 Å². The molecule has 0 spiro atoms. The van der Waals surface area contributed by atoms with Gasteiger partial charge in [0.15, 0.2) is 0 Å². The van der Waals surface area contributed by atoms with Crippen molar-refractivity contribution in [1.29, 1.82) is 0 Å². The first-order valence-electron chi connectivity index (χ1n) is 6.86. The molecule has 2 fully saturated rings. The Labute approximate surface area is 114 Å². The third kappa shape index (κ3) is 2.94. The number of aliphatic carboxylic acids is 1. The molecule has 0 amide bonds. The van der Waals surface area contributed by atoms with Crippen LogP contribution in [0.3, 0.4) is 0 Å². The average molecular weight is 290 g/mol. The molecule has 5 nitrogen and oxygen atoms in total. The Hall–Kier alpha value is -0.620. The van der Waals surface area contributed by atoms with Crippen molar-refractivity contribution in [3.8, 4) is 0 Å². The lowest BCUT2D eigenvalue weighted by atomic mass is 9.66. The van der Waals surface area contributed by atoms with Crippen LogP contribution in [-0.4, -0.2) is 44.2 Å². The van der Waals surface area contributed by atoms with Crippen LogP contribution in [-0.2, 0) is 19.4 Å². The highest BCUT2D eigenvalue weighted by Crippen LogP contribution is 2.45. The number of sulfone groups is 1. The third-order valence-electron chi connectivity index (χ3n) is 4.71. The fourth-order valence-corrected chi connectivity index (χ4v) is 4.69. The second kappa shape index (κ2) is 5.40. The maximum atomic E-state index is 11.7. The van der Waals surface area contributed by atoms with Crippen LogP contribution in [0.25, 0.3) is 0 Å². The van der Waals surface area contributed by atoms with Crippen LogP contribution < -0.4 is 0 Å². The van der Waals surface area contributed by atoms with Gasteiger partial charge in [-0.3, -0.25) is 4.79 Å². The van der Waals surface area contributed by atoms with Crippen LogP contribution in [0.1, 0.15) is 38.5 Å². The zero-order valence-corrected chi connectivity index (χ0v) is 12.1. The van der Waals surface area contributed by atoms with Gasteiger partial charge in [-0.05, 0) is 38.0 Å². The Bertz CT molecular complexity index is 436. The molecule has 2 aliphatic rings. The van der Waals surface area contributed by atoms with Gasteiger partial charge in [-0.25, -0.2) is 8.42 Å². The van der Waals surface area contributed by atoms with Gasteiger partial charge in [-0.1, -0.05) is 6.42 Å². The zero-order valence-electron chi connectivity index (χ0n) is 11.3. The minimum Gasteiger partial charge on any atom is -0.481 e. The first-order valence-corrected chi connectivity index (χ1v) is 8.82. The lowest BCUT2D eigenvalue weighted by molar-refractivity contribution is -0.165. The number of carbonyl (C=O) groups is 1. The highest BCUT2D eigenvalue weighted by Gasteiger charge is 2.49. The fraction of sp³-hybridized carbons (Fsp3) is 0.923. The summed E-state index contributed by atoms with van der Waals surface area (Å²) < 4.78 is 28.8. The van der Waals surface area contributed by atoms with Gasteiger partial charge < -0.3 is 9.84 Å². The summed E-state index contributed by atoms with van der Waals surface area (Å²) in [4.78, 5) is 11.7. The maximum absolute atomic E-state index is 11.7. The van der Waals surface area contributed by atoms with Crippen LogP contribution in [0, 0.1) is 11.3 Å². The Kier molecular flexibility index (Phi) is 4.20. The lowest BCUT2D eigenvalue weighted by Crippen LogP contribution is -2.48. The second-order valence-electron chi connectivity index (χ2n) is 5.93. The normalized spacial score (nSPS) is 36.9. The Morgan fingerprint density at radius 1 is 1.32 bits per heavy atom. The average Bonchev–Trinajstić information content (AvgIpc) is 2.38. The van der Waals surface area contributed by atoms with Crippen LogP contribution in [0.5, 0.6) is 0 Å². The van der Waals surface area contributed by atoms with E-state index in [1.807, 2.05) is 0 Å². The van der Waals surface area contributed by atoms with E-state index in [0.29, 0.717) is 25.9 Å². The van der Waals surface area contributed by atoms with E-state index >= 15 is 0 Å². The van der Waals surface area contributed by atoms with E-state index in [1.165, 1.54) is 6.26 Å². The quantitative estimate of drug-likeness (QED) is 0.851. The highest BCUT2D eigenvalue weighted by atomic mass is 32.2. The minimum absolute atomic E-state index is 0.0845. The highest BCUT2D eigenvalue weighted by molar-refractivity contribution is 7.91. The third-order valence-corrected chi connectivity index (χ3v) is 6.35.